The molecule has 0 aromatic heterocycles. The van der Waals surface area contributed by atoms with E-state index in [4.69, 9.17) is 11.2 Å². The second-order valence-electron chi connectivity index (χ2n) is 6.05. The van der Waals surface area contributed by atoms with Crippen LogP contribution in [0, 0.1) is 0 Å². The number of carbonyl (C=O) groups is 1. The molecule has 1 nitrogen and oxygen atoms in total. The number of rotatable bonds is 5. The van der Waals surface area contributed by atoms with Gasteiger partial charge in [-0.1, -0.05) is 0 Å². The van der Waals surface area contributed by atoms with Crippen LogP contribution in [0.1, 0.15) is 6.92 Å². The Morgan fingerprint density at radius 1 is 0.708 bits per heavy atom. The van der Waals surface area contributed by atoms with Crippen molar-refractivity contribution in [2.75, 3.05) is 6.16 Å². The summed E-state index contributed by atoms with van der Waals surface area (Å²) < 4.78 is 0. The average Bonchev–Trinajstić information content (AvgIpc) is 2.63. The summed E-state index contributed by atoms with van der Waals surface area (Å²) in [5, 5.41) is 3.08. The average molecular weight is 355 g/mol. The van der Waals surface area contributed by atoms with Crippen molar-refractivity contribution in [1.29, 1.82) is 0 Å². The first kappa shape index (κ1) is 16.9. The number of hydrogen-bond donors (Lipinski definition) is 0. The molecule has 3 heteroatoms. The van der Waals surface area contributed by atoms with E-state index in [2.05, 4.69) is 0 Å². The summed E-state index contributed by atoms with van der Waals surface area (Å²) in [6, 6.07) is 30.2. The molecular weight excluding hydrogens is 335 g/mol. The summed E-state index contributed by atoms with van der Waals surface area (Å²) in [7, 11) is 0. The van der Waals surface area contributed by atoms with Gasteiger partial charge in [-0.3, -0.25) is 0 Å². The minimum absolute atomic E-state index is 0.0965. The predicted octanol–water partition coefficient (Wildman–Crippen LogP) is 4.26. The van der Waals surface area contributed by atoms with Gasteiger partial charge in [0.1, 0.15) is 0 Å². The molecule has 0 N–H and O–H groups in total. The fourth-order valence-electron chi connectivity index (χ4n) is 3.36. The van der Waals surface area contributed by atoms with Crippen LogP contribution in [0.15, 0.2) is 91.0 Å². The predicted molar refractivity (Wildman–Crippen MR) is 107 cm³/mol. The number of halogens is 1. The van der Waals surface area contributed by atoms with Gasteiger partial charge in [0.05, 0.1) is 0 Å². The minimum atomic E-state index is -3.37. The third-order valence-electron chi connectivity index (χ3n) is 4.40. The van der Waals surface area contributed by atoms with E-state index < -0.39 is 5.96 Å². The van der Waals surface area contributed by atoms with Crippen molar-refractivity contribution in [2.24, 2.45) is 0 Å². The molecule has 3 aromatic carbocycles. The van der Waals surface area contributed by atoms with Crippen molar-refractivity contribution < 1.29 is 4.79 Å². The summed E-state index contributed by atoms with van der Waals surface area (Å²) in [5.74, 6) is -3.28. The second-order valence-corrected chi connectivity index (χ2v) is 12.5. The van der Waals surface area contributed by atoms with Gasteiger partial charge in [0.2, 0.25) is 0 Å². The van der Waals surface area contributed by atoms with E-state index in [1.54, 1.807) is 6.92 Å². The molecular formula is C21H20ClOP. The van der Waals surface area contributed by atoms with Crippen molar-refractivity contribution in [1.82, 2.24) is 0 Å². The van der Waals surface area contributed by atoms with Gasteiger partial charge >= 0.3 is 148 Å². The second kappa shape index (κ2) is 6.51. The van der Waals surface area contributed by atoms with Crippen LogP contribution in [0.3, 0.4) is 0 Å². The fourth-order valence-corrected chi connectivity index (χ4v) is 9.53. The Labute approximate surface area is 148 Å². The van der Waals surface area contributed by atoms with Crippen molar-refractivity contribution in [3.63, 3.8) is 0 Å². The molecule has 24 heavy (non-hydrogen) atoms. The molecule has 3 rings (SSSR count). The molecule has 0 aliphatic heterocycles. The van der Waals surface area contributed by atoms with Gasteiger partial charge in [-0.05, 0) is 0 Å². The first-order chi connectivity index (χ1) is 11.6. The summed E-state index contributed by atoms with van der Waals surface area (Å²) in [5.41, 5.74) is 0. The van der Waals surface area contributed by atoms with E-state index >= 15 is 0 Å². The maximum atomic E-state index is 12.3. The van der Waals surface area contributed by atoms with Gasteiger partial charge < -0.3 is 0 Å². The van der Waals surface area contributed by atoms with Gasteiger partial charge in [-0.15, -0.1) is 0 Å². The number of hydrogen-bond acceptors (Lipinski definition) is 1. The van der Waals surface area contributed by atoms with E-state index in [1.807, 2.05) is 91.0 Å². The Balaban J connectivity index is 2.45. The van der Waals surface area contributed by atoms with Crippen molar-refractivity contribution in [3.05, 3.63) is 91.0 Å². The Kier molecular flexibility index (Phi) is 4.58. The summed E-state index contributed by atoms with van der Waals surface area (Å²) in [6.45, 7) is 1.62. The van der Waals surface area contributed by atoms with Gasteiger partial charge in [0.15, 0.2) is 0 Å². The van der Waals surface area contributed by atoms with Crippen LogP contribution in [0.4, 0.5) is 0 Å². The Bertz CT molecular complexity index is 732. The Hall–Kier alpha value is -1.95. The Morgan fingerprint density at radius 2 is 1.00 bits per heavy atom. The van der Waals surface area contributed by atoms with Crippen LogP contribution >= 0.6 is 17.2 Å². The molecule has 0 aliphatic rings. The quantitative estimate of drug-likeness (QED) is 0.626. The van der Waals surface area contributed by atoms with E-state index in [1.165, 1.54) is 0 Å². The van der Waals surface area contributed by atoms with Gasteiger partial charge in [-0.2, -0.15) is 0 Å². The molecule has 0 saturated carbocycles. The van der Waals surface area contributed by atoms with E-state index in [9.17, 15) is 4.79 Å². The van der Waals surface area contributed by atoms with Crippen molar-refractivity contribution in [3.8, 4) is 0 Å². The normalized spacial score (nSPS) is 13.0. The molecule has 3 aromatic rings. The third kappa shape index (κ3) is 2.69. The molecule has 0 bridgehead atoms. The van der Waals surface area contributed by atoms with Crippen LogP contribution in [0.2, 0.25) is 0 Å². The zero-order valence-electron chi connectivity index (χ0n) is 13.6. The molecule has 122 valence electrons. The summed E-state index contributed by atoms with van der Waals surface area (Å²) in [6.07, 6.45) is 0.311. The molecule has 0 unspecified atom stereocenters. The molecule has 0 aliphatic carbocycles. The number of carbonyl (C=O) groups excluding carboxylic acids is 1. The monoisotopic (exact) mass is 354 g/mol. The first-order valence-corrected chi connectivity index (χ1v) is 11.3. The zero-order valence-corrected chi connectivity index (χ0v) is 15.3. The van der Waals surface area contributed by atoms with Crippen LogP contribution in [0.5, 0.6) is 0 Å². The van der Waals surface area contributed by atoms with Gasteiger partial charge in [0.25, 0.3) is 0 Å². The van der Waals surface area contributed by atoms with E-state index in [-0.39, 0.29) is 5.78 Å². The number of benzene rings is 3. The summed E-state index contributed by atoms with van der Waals surface area (Å²) in [4.78, 5) is 12.3. The number of Topliss-reactive ketones (excluding diaryl/α,β-unsaturated/α-hetero) is 1. The van der Waals surface area contributed by atoms with Crippen LogP contribution in [-0.4, -0.2) is 11.9 Å². The molecule has 0 radical (unpaired) electrons. The first-order valence-electron chi connectivity index (χ1n) is 7.95. The van der Waals surface area contributed by atoms with E-state index in [0.29, 0.717) is 6.16 Å². The molecule has 0 atom stereocenters. The van der Waals surface area contributed by atoms with Crippen LogP contribution in [0.25, 0.3) is 0 Å². The van der Waals surface area contributed by atoms with Gasteiger partial charge in [0, 0.05) is 0 Å². The molecule has 0 fully saturated rings. The molecule has 0 spiro atoms. The van der Waals surface area contributed by atoms with Gasteiger partial charge in [-0.25, -0.2) is 0 Å². The van der Waals surface area contributed by atoms with Crippen LogP contribution < -0.4 is 15.9 Å². The Morgan fingerprint density at radius 3 is 1.25 bits per heavy atom. The van der Waals surface area contributed by atoms with E-state index in [0.717, 1.165) is 15.9 Å². The van der Waals surface area contributed by atoms with Crippen molar-refractivity contribution in [2.45, 2.75) is 6.92 Å². The molecule has 0 saturated heterocycles. The maximum absolute atomic E-state index is 12.3. The SMILES string of the molecule is CC(=O)CP(Cl)(c1ccccc1)(c1ccccc1)c1ccccc1. The fraction of sp³-hybridized carbons (Fsp3) is 0.0952. The molecule has 0 heterocycles. The third-order valence-corrected chi connectivity index (χ3v) is 11.7. The van der Waals surface area contributed by atoms with Crippen LogP contribution in [-0.2, 0) is 4.79 Å². The zero-order chi connectivity index (χ0) is 17.1. The van der Waals surface area contributed by atoms with Crippen molar-refractivity contribution >= 4 is 38.9 Å². The topological polar surface area (TPSA) is 17.1 Å². The summed E-state index contributed by atoms with van der Waals surface area (Å²) >= 11 is 7.68. The standard InChI is InChI=1S/C21H20ClOP/c1-18(23)17-24(22,19-11-5-2-6-12-19,20-13-7-3-8-14-20)21-15-9-4-10-16-21/h2-16H,17H2,1H3. The molecule has 0 amide bonds. The number of ketones is 1.